The van der Waals surface area contributed by atoms with Crippen molar-refractivity contribution in [2.45, 2.75) is 27.2 Å². The van der Waals surface area contributed by atoms with Crippen LogP contribution in [0.15, 0.2) is 30.3 Å². The Balaban J connectivity index is 2.01. The summed E-state index contributed by atoms with van der Waals surface area (Å²) in [6, 6.07) is 8.69. The highest BCUT2D eigenvalue weighted by Crippen LogP contribution is 2.52. The predicted octanol–water partition coefficient (Wildman–Crippen LogP) is 4.05. The zero-order valence-electron chi connectivity index (χ0n) is 9.25. The smallest absolute Gasteiger partial charge is 0.0173 e. The standard InChI is InChI=1S/C14H18/c1-11-4-6-12(7-5-11)8-9-13-10-14(13,2)3/h4-9,13H,10H2,1-3H3/b9-8+. The van der Waals surface area contributed by atoms with Crippen molar-refractivity contribution in [2.24, 2.45) is 11.3 Å². The van der Waals surface area contributed by atoms with E-state index in [1.54, 1.807) is 0 Å². The van der Waals surface area contributed by atoms with E-state index in [4.69, 9.17) is 0 Å². The summed E-state index contributed by atoms with van der Waals surface area (Å²) in [4.78, 5) is 0. The highest BCUT2D eigenvalue weighted by Gasteiger charge is 2.43. The van der Waals surface area contributed by atoms with Crippen LogP contribution in [0.3, 0.4) is 0 Å². The molecule has 1 atom stereocenters. The monoisotopic (exact) mass is 186 g/mol. The molecule has 0 N–H and O–H groups in total. The molecule has 0 aliphatic heterocycles. The van der Waals surface area contributed by atoms with E-state index in [0.717, 1.165) is 5.92 Å². The second kappa shape index (κ2) is 3.27. The van der Waals surface area contributed by atoms with Crippen LogP contribution in [-0.4, -0.2) is 0 Å². The van der Waals surface area contributed by atoms with Crippen molar-refractivity contribution < 1.29 is 0 Å². The minimum atomic E-state index is 0.557. The van der Waals surface area contributed by atoms with E-state index in [0.29, 0.717) is 5.41 Å². The first kappa shape index (κ1) is 9.51. The fourth-order valence-corrected chi connectivity index (χ4v) is 1.74. The lowest BCUT2D eigenvalue weighted by molar-refractivity contribution is 0.611. The van der Waals surface area contributed by atoms with Crippen molar-refractivity contribution in [3.8, 4) is 0 Å². The zero-order chi connectivity index (χ0) is 10.2. The molecule has 1 fully saturated rings. The molecule has 1 saturated carbocycles. The molecule has 2 rings (SSSR count). The van der Waals surface area contributed by atoms with Crippen LogP contribution in [-0.2, 0) is 0 Å². The quantitative estimate of drug-likeness (QED) is 0.653. The molecule has 0 heteroatoms. The summed E-state index contributed by atoms with van der Waals surface area (Å²) in [6.07, 6.45) is 5.94. The zero-order valence-corrected chi connectivity index (χ0v) is 9.25. The summed E-state index contributed by atoms with van der Waals surface area (Å²) >= 11 is 0. The highest BCUT2D eigenvalue weighted by molar-refractivity contribution is 5.50. The largest absolute Gasteiger partial charge is 0.0803 e. The van der Waals surface area contributed by atoms with Crippen LogP contribution < -0.4 is 0 Å². The summed E-state index contributed by atoms with van der Waals surface area (Å²) in [6.45, 7) is 6.78. The summed E-state index contributed by atoms with van der Waals surface area (Å²) in [5, 5.41) is 0. The fraction of sp³-hybridized carbons (Fsp3) is 0.429. The maximum atomic E-state index is 2.35. The Kier molecular flexibility index (Phi) is 2.22. The van der Waals surface area contributed by atoms with Gasteiger partial charge < -0.3 is 0 Å². The topological polar surface area (TPSA) is 0 Å². The lowest BCUT2D eigenvalue weighted by Gasteiger charge is -1.97. The first-order valence-electron chi connectivity index (χ1n) is 5.33. The minimum absolute atomic E-state index is 0.557. The number of allylic oxidation sites excluding steroid dienone is 1. The number of benzene rings is 1. The maximum absolute atomic E-state index is 2.35. The van der Waals surface area contributed by atoms with E-state index < -0.39 is 0 Å². The van der Waals surface area contributed by atoms with Gasteiger partial charge in [-0.25, -0.2) is 0 Å². The van der Waals surface area contributed by atoms with Gasteiger partial charge >= 0.3 is 0 Å². The molecule has 0 amide bonds. The molecule has 0 saturated heterocycles. The average Bonchev–Trinajstić information content (AvgIpc) is 2.73. The summed E-state index contributed by atoms with van der Waals surface area (Å²) < 4.78 is 0. The van der Waals surface area contributed by atoms with Gasteiger partial charge in [0.25, 0.3) is 0 Å². The normalized spacial score (nSPS) is 24.1. The third kappa shape index (κ3) is 2.06. The Hall–Kier alpha value is -1.04. The van der Waals surface area contributed by atoms with Crippen LogP contribution >= 0.6 is 0 Å². The average molecular weight is 186 g/mol. The van der Waals surface area contributed by atoms with Crippen LogP contribution in [0, 0.1) is 18.3 Å². The van der Waals surface area contributed by atoms with Gasteiger partial charge in [-0.3, -0.25) is 0 Å². The minimum Gasteiger partial charge on any atom is -0.0803 e. The first-order valence-corrected chi connectivity index (χ1v) is 5.33. The molecular formula is C14H18. The molecule has 1 aromatic carbocycles. The summed E-state index contributed by atoms with van der Waals surface area (Å²) in [5.74, 6) is 0.795. The van der Waals surface area contributed by atoms with Crippen LogP contribution in [0.4, 0.5) is 0 Å². The van der Waals surface area contributed by atoms with Crippen LogP contribution in [0.2, 0.25) is 0 Å². The molecule has 1 aliphatic carbocycles. The lowest BCUT2D eigenvalue weighted by atomic mass is 10.1. The Morgan fingerprint density at radius 2 is 1.79 bits per heavy atom. The Labute approximate surface area is 86.7 Å². The van der Waals surface area contributed by atoms with Crippen molar-refractivity contribution in [2.75, 3.05) is 0 Å². The number of hydrogen-bond acceptors (Lipinski definition) is 0. The van der Waals surface area contributed by atoms with Crippen molar-refractivity contribution in [3.05, 3.63) is 41.5 Å². The van der Waals surface area contributed by atoms with Crippen molar-refractivity contribution in [3.63, 3.8) is 0 Å². The third-order valence-corrected chi connectivity index (χ3v) is 3.19. The van der Waals surface area contributed by atoms with Crippen molar-refractivity contribution in [1.82, 2.24) is 0 Å². The van der Waals surface area contributed by atoms with Crippen LogP contribution in [0.25, 0.3) is 6.08 Å². The van der Waals surface area contributed by atoms with Gasteiger partial charge in [0.1, 0.15) is 0 Å². The second-order valence-corrected chi connectivity index (χ2v) is 5.07. The van der Waals surface area contributed by atoms with E-state index in [2.05, 4.69) is 57.2 Å². The number of rotatable bonds is 2. The Morgan fingerprint density at radius 1 is 1.21 bits per heavy atom. The van der Waals surface area contributed by atoms with Gasteiger partial charge in [-0.15, -0.1) is 0 Å². The molecule has 0 heterocycles. The van der Waals surface area contributed by atoms with Gasteiger partial charge in [0, 0.05) is 0 Å². The highest BCUT2D eigenvalue weighted by atomic mass is 14.5. The van der Waals surface area contributed by atoms with Gasteiger partial charge in [-0.2, -0.15) is 0 Å². The van der Waals surface area contributed by atoms with E-state index in [9.17, 15) is 0 Å². The molecule has 0 spiro atoms. The molecule has 0 bridgehead atoms. The van der Waals surface area contributed by atoms with E-state index in [1.807, 2.05) is 0 Å². The van der Waals surface area contributed by atoms with Gasteiger partial charge in [-0.05, 0) is 30.2 Å². The molecule has 1 aromatic rings. The Bertz CT molecular complexity index is 341. The summed E-state index contributed by atoms with van der Waals surface area (Å²) in [7, 11) is 0. The number of hydrogen-bond donors (Lipinski definition) is 0. The van der Waals surface area contributed by atoms with Crippen molar-refractivity contribution in [1.29, 1.82) is 0 Å². The van der Waals surface area contributed by atoms with E-state index in [1.165, 1.54) is 17.5 Å². The summed E-state index contributed by atoms with van der Waals surface area (Å²) in [5.41, 5.74) is 3.20. The van der Waals surface area contributed by atoms with Crippen LogP contribution in [0.5, 0.6) is 0 Å². The molecular weight excluding hydrogens is 168 g/mol. The second-order valence-electron chi connectivity index (χ2n) is 5.07. The predicted molar refractivity (Wildman–Crippen MR) is 62.1 cm³/mol. The molecule has 1 aliphatic rings. The third-order valence-electron chi connectivity index (χ3n) is 3.19. The number of aryl methyl sites for hydroxylation is 1. The Morgan fingerprint density at radius 3 is 2.29 bits per heavy atom. The van der Waals surface area contributed by atoms with Gasteiger partial charge in [-0.1, -0.05) is 55.8 Å². The molecule has 1 unspecified atom stereocenters. The van der Waals surface area contributed by atoms with Gasteiger partial charge in [0.2, 0.25) is 0 Å². The fourth-order valence-electron chi connectivity index (χ4n) is 1.74. The molecule has 14 heavy (non-hydrogen) atoms. The van der Waals surface area contributed by atoms with Gasteiger partial charge in [0.15, 0.2) is 0 Å². The molecule has 0 aromatic heterocycles. The van der Waals surface area contributed by atoms with Crippen LogP contribution in [0.1, 0.15) is 31.4 Å². The molecule has 0 nitrogen and oxygen atoms in total. The van der Waals surface area contributed by atoms with Crippen molar-refractivity contribution >= 4 is 6.08 Å². The first-order chi connectivity index (χ1) is 6.58. The SMILES string of the molecule is Cc1ccc(/C=C/C2CC2(C)C)cc1. The van der Waals surface area contributed by atoms with Gasteiger partial charge in [0.05, 0.1) is 0 Å². The molecule has 0 radical (unpaired) electrons. The lowest BCUT2D eigenvalue weighted by Crippen LogP contribution is -1.85. The molecule has 74 valence electrons. The van der Waals surface area contributed by atoms with E-state index >= 15 is 0 Å². The maximum Gasteiger partial charge on any atom is -0.0173 e. The van der Waals surface area contributed by atoms with E-state index in [-0.39, 0.29) is 0 Å².